The predicted octanol–water partition coefficient (Wildman–Crippen LogP) is -1.17. The van der Waals surface area contributed by atoms with Gasteiger partial charge in [-0.15, -0.1) is 0 Å². The maximum atomic E-state index is 10.9. The summed E-state index contributed by atoms with van der Waals surface area (Å²) in [6, 6.07) is 0. The third-order valence-electron chi connectivity index (χ3n) is 1.74. The van der Waals surface area contributed by atoms with Gasteiger partial charge in [0.25, 0.3) is 0 Å². The van der Waals surface area contributed by atoms with E-state index in [-0.39, 0.29) is 6.10 Å². The van der Waals surface area contributed by atoms with Gasteiger partial charge in [0, 0.05) is 0 Å². The molecule has 1 aliphatic carbocycles. The molecule has 0 aromatic carbocycles. The minimum Gasteiger partial charge on any atom is -0.454 e. The number of hydrogen-bond donors (Lipinski definition) is 2. The summed E-state index contributed by atoms with van der Waals surface area (Å²) in [6.07, 6.45) is 1.20. The van der Waals surface area contributed by atoms with Crippen LogP contribution in [0.2, 0.25) is 0 Å². The van der Waals surface area contributed by atoms with Crippen LogP contribution in [0.1, 0.15) is 19.3 Å². The highest BCUT2D eigenvalue weighted by Gasteiger charge is 2.27. The Morgan fingerprint density at radius 3 is 2.23 bits per heavy atom. The lowest BCUT2D eigenvalue weighted by atomic mass is 9.96. The molecule has 0 aliphatic heterocycles. The van der Waals surface area contributed by atoms with Crippen molar-refractivity contribution in [1.82, 2.24) is 0 Å². The molecule has 1 aliphatic rings. The van der Waals surface area contributed by atoms with E-state index in [9.17, 15) is 9.59 Å². The number of rotatable bonds is 2. The summed E-state index contributed by atoms with van der Waals surface area (Å²) in [4.78, 5) is 21.6. The Kier molecular flexibility index (Phi) is 3.21. The van der Waals surface area contributed by atoms with Gasteiger partial charge in [-0.3, -0.25) is 11.5 Å². The van der Waals surface area contributed by atoms with Crippen molar-refractivity contribution in [3.63, 3.8) is 0 Å². The molecule has 1 rings (SSSR count). The molecule has 1 saturated carbocycles. The van der Waals surface area contributed by atoms with Crippen LogP contribution in [0.25, 0.3) is 0 Å². The van der Waals surface area contributed by atoms with Crippen molar-refractivity contribution in [3.05, 3.63) is 0 Å². The van der Waals surface area contributed by atoms with Gasteiger partial charge >= 0.3 is 11.9 Å². The second-order valence-electron chi connectivity index (χ2n) is 2.83. The number of carbonyl (C=O) groups excluding carboxylic acids is 2. The molecule has 74 valence electrons. The SMILES string of the molecule is NC(N)OC(=O)C(=O)OC1CCC1. The van der Waals surface area contributed by atoms with Crippen molar-refractivity contribution in [2.75, 3.05) is 0 Å². The summed E-state index contributed by atoms with van der Waals surface area (Å²) in [5.41, 5.74) is 9.87. The number of esters is 2. The van der Waals surface area contributed by atoms with Gasteiger partial charge in [-0.25, -0.2) is 9.59 Å². The summed E-state index contributed by atoms with van der Waals surface area (Å²) in [6.45, 7) is 0. The minimum atomic E-state index is -1.28. The number of carbonyl (C=O) groups is 2. The number of hydrogen-bond acceptors (Lipinski definition) is 6. The lowest BCUT2D eigenvalue weighted by molar-refractivity contribution is -0.176. The van der Waals surface area contributed by atoms with Gasteiger partial charge in [-0.05, 0) is 19.3 Å². The smallest absolute Gasteiger partial charge is 0.420 e. The standard InChI is InChI=1S/C7H12N2O4/c8-7(9)13-6(11)5(10)12-4-2-1-3-4/h4,7H,1-3,8-9H2. The van der Waals surface area contributed by atoms with Crippen molar-refractivity contribution < 1.29 is 19.1 Å². The third kappa shape index (κ3) is 3.00. The average molecular weight is 188 g/mol. The van der Waals surface area contributed by atoms with Crippen molar-refractivity contribution in [1.29, 1.82) is 0 Å². The maximum absolute atomic E-state index is 10.9. The molecule has 0 aromatic rings. The van der Waals surface area contributed by atoms with Crippen LogP contribution in [0.3, 0.4) is 0 Å². The first kappa shape index (κ1) is 9.94. The van der Waals surface area contributed by atoms with Gasteiger partial charge in [-0.1, -0.05) is 0 Å². The molecule has 0 amide bonds. The van der Waals surface area contributed by atoms with Crippen LogP contribution in [-0.4, -0.2) is 24.4 Å². The summed E-state index contributed by atoms with van der Waals surface area (Å²) in [5, 5.41) is 0. The van der Waals surface area contributed by atoms with E-state index in [1.165, 1.54) is 0 Å². The van der Waals surface area contributed by atoms with Crippen molar-refractivity contribution in [2.45, 2.75) is 31.7 Å². The molecular formula is C7H12N2O4. The van der Waals surface area contributed by atoms with Gasteiger partial charge < -0.3 is 9.47 Å². The van der Waals surface area contributed by atoms with E-state index in [0.29, 0.717) is 0 Å². The van der Waals surface area contributed by atoms with E-state index in [4.69, 9.17) is 16.2 Å². The maximum Gasteiger partial charge on any atom is 0.420 e. The molecule has 1 fully saturated rings. The van der Waals surface area contributed by atoms with Crippen LogP contribution >= 0.6 is 0 Å². The van der Waals surface area contributed by atoms with E-state index in [0.717, 1.165) is 19.3 Å². The van der Waals surface area contributed by atoms with E-state index in [1.807, 2.05) is 0 Å². The first-order valence-electron chi connectivity index (χ1n) is 4.02. The van der Waals surface area contributed by atoms with E-state index in [1.54, 1.807) is 0 Å². The summed E-state index contributed by atoms with van der Waals surface area (Å²) < 4.78 is 8.95. The van der Waals surface area contributed by atoms with Gasteiger partial charge in [0.1, 0.15) is 6.10 Å². The van der Waals surface area contributed by atoms with Crippen molar-refractivity contribution in [2.24, 2.45) is 11.5 Å². The zero-order valence-corrected chi connectivity index (χ0v) is 7.06. The molecule has 0 radical (unpaired) electrons. The summed E-state index contributed by atoms with van der Waals surface area (Å²) in [7, 11) is 0. The Morgan fingerprint density at radius 2 is 1.85 bits per heavy atom. The third-order valence-corrected chi connectivity index (χ3v) is 1.74. The van der Waals surface area contributed by atoms with Crippen LogP contribution < -0.4 is 11.5 Å². The number of nitrogens with two attached hydrogens (primary N) is 2. The highest BCUT2D eigenvalue weighted by atomic mass is 16.6. The van der Waals surface area contributed by atoms with Gasteiger partial charge in [-0.2, -0.15) is 0 Å². The topological polar surface area (TPSA) is 105 Å². The highest BCUT2D eigenvalue weighted by Crippen LogP contribution is 2.21. The highest BCUT2D eigenvalue weighted by molar-refractivity contribution is 6.29. The minimum absolute atomic E-state index is 0.144. The summed E-state index contributed by atoms with van der Waals surface area (Å²) >= 11 is 0. The van der Waals surface area contributed by atoms with E-state index < -0.39 is 18.3 Å². The van der Waals surface area contributed by atoms with Gasteiger partial charge in [0.15, 0.2) is 0 Å². The first-order valence-corrected chi connectivity index (χ1v) is 4.02. The molecule has 0 atom stereocenters. The zero-order valence-electron chi connectivity index (χ0n) is 7.06. The second kappa shape index (κ2) is 4.20. The largest absolute Gasteiger partial charge is 0.454 e. The molecule has 0 spiro atoms. The van der Waals surface area contributed by atoms with Crippen LogP contribution in [0.15, 0.2) is 0 Å². The lowest BCUT2D eigenvalue weighted by Crippen LogP contribution is -2.39. The quantitative estimate of drug-likeness (QED) is 0.321. The average Bonchev–Trinajstić information content (AvgIpc) is 1.94. The molecule has 13 heavy (non-hydrogen) atoms. The van der Waals surface area contributed by atoms with E-state index >= 15 is 0 Å². The summed E-state index contributed by atoms with van der Waals surface area (Å²) in [5.74, 6) is -2.16. The Hall–Kier alpha value is -1.14. The molecule has 6 heteroatoms. The molecule has 0 unspecified atom stereocenters. The molecular weight excluding hydrogens is 176 g/mol. The van der Waals surface area contributed by atoms with Crippen molar-refractivity contribution in [3.8, 4) is 0 Å². The monoisotopic (exact) mass is 188 g/mol. The van der Waals surface area contributed by atoms with Gasteiger partial charge in [0.2, 0.25) is 6.35 Å². The molecule has 6 nitrogen and oxygen atoms in total. The Labute approximate surface area is 75.2 Å². The van der Waals surface area contributed by atoms with Crippen LogP contribution in [-0.2, 0) is 19.1 Å². The van der Waals surface area contributed by atoms with E-state index in [2.05, 4.69) is 4.74 Å². The van der Waals surface area contributed by atoms with Crippen LogP contribution in [0.4, 0.5) is 0 Å². The fraction of sp³-hybridized carbons (Fsp3) is 0.714. The zero-order chi connectivity index (χ0) is 9.84. The molecule has 4 N–H and O–H groups in total. The predicted molar refractivity (Wildman–Crippen MR) is 42.0 cm³/mol. The van der Waals surface area contributed by atoms with Crippen LogP contribution in [0, 0.1) is 0 Å². The Morgan fingerprint density at radius 1 is 1.23 bits per heavy atom. The normalized spacial score (nSPS) is 16.5. The van der Waals surface area contributed by atoms with Crippen LogP contribution in [0.5, 0.6) is 0 Å². The Balaban J connectivity index is 2.25. The second-order valence-corrected chi connectivity index (χ2v) is 2.83. The first-order chi connectivity index (χ1) is 6.09. The van der Waals surface area contributed by atoms with Crippen molar-refractivity contribution >= 4 is 11.9 Å². The number of ether oxygens (including phenoxy) is 2. The Bertz CT molecular complexity index is 213. The molecule has 0 aromatic heterocycles. The molecule has 0 bridgehead atoms. The lowest BCUT2D eigenvalue weighted by Gasteiger charge is -2.24. The fourth-order valence-corrected chi connectivity index (χ4v) is 0.860. The fourth-order valence-electron chi connectivity index (χ4n) is 0.860. The molecule has 0 heterocycles. The molecule has 0 saturated heterocycles. The van der Waals surface area contributed by atoms with Gasteiger partial charge in [0.05, 0.1) is 0 Å².